The fraction of sp³-hybridized carbons (Fsp3) is 0.647. The summed E-state index contributed by atoms with van der Waals surface area (Å²) in [5, 5.41) is 0. The molecular weight excluding hydrogens is 262 g/mol. The van der Waals surface area contributed by atoms with Gasteiger partial charge >= 0.3 is 0 Å². The smallest absolute Gasteiger partial charge is 0.122 e. The Bertz CT molecular complexity index is 463. The molecule has 0 radical (unpaired) electrons. The van der Waals surface area contributed by atoms with Crippen LogP contribution in [0.25, 0.3) is 0 Å². The topological polar surface area (TPSA) is 41.7 Å². The van der Waals surface area contributed by atoms with Gasteiger partial charge in [-0.3, -0.25) is 0 Å². The van der Waals surface area contributed by atoms with Gasteiger partial charge in [0.25, 0.3) is 0 Å². The highest BCUT2D eigenvalue weighted by molar-refractivity contribution is 5.39. The van der Waals surface area contributed by atoms with Crippen LogP contribution >= 0.6 is 0 Å². The maximum Gasteiger partial charge on any atom is 0.122 e. The van der Waals surface area contributed by atoms with E-state index in [-0.39, 0.29) is 0 Å². The van der Waals surface area contributed by atoms with Crippen LogP contribution < -0.4 is 10.5 Å². The third kappa shape index (κ3) is 3.96. The van der Waals surface area contributed by atoms with E-state index >= 15 is 0 Å². The van der Waals surface area contributed by atoms with Gasteiger partial charge in [0.1, 0.15) is 5.75 Å². The molecule has 3 rings (SSSR count). The van der Waals surface area contributed by atoms with Gasteiger partial charge in [-0.25, -0.2) is 0 Å². The Labute approximate surface area is 127 Å². The van der Waals surface area contributed by atoms with E-state index in [0.29, 0.717) is 0 Å². The highest BCUT2D eigenvalue weighted by Gasteiger charge is 2.15. The standard InChI is InChI=1S/C17H27N3O/c18-6-10-20-8-1-7-19(11-12-20)9-4-15-2-3-17-16(14-15)5-13-21-17/h2-3,14H,1,4-13,18H2. The Morgan fingerprint density at radius 3 is 2.67 bits per heavy atom. The number of fused-ring (bicyclic) bond motifs is 1. The second kappa shape index (κ2) is 7.25. The van der Waals surface area contributed by atoms with Crippen molar-refractivity contribution in [1.82, 2.24) is 9.80 Å². The molecule has 116 valence electrons. The van der Waals surface area contributed by atoms with Gasteiger partial charge in [0.15, 0.2) is 0 Å². The predicted octanol–water partition coefficient (Wildman–Crippen LogP) is 1.13. The van der Waals surface area contributed by atoms with E-state index in [1.807, 2.05) is 0 Å². The zero-order valence-corrected chi connectivity index (χ0v) is 12.9. The first kappa shape index (κ1) is 14.8. The first-order valence-corrected chi connectivity index (χ1v) is 8.24. The van der Waals surface area contributed by atoms with Crippen LogP contribution in [-0.4, -0.2) is 62.2 Å². The van der Waals surface area contributed by atoms with Crippen molar-refractivity contribution in [3.8, 4) is 5.75 Å². The van der Waals surface area contributed by atoms with E-state index in [0.717, 1.165) is 51.4 Å². The van der Waals surface area contributed by atoms with Gasteiger partial charge < -0.3 is 20.3 Å². The van der Waals surface area contributed by atoms with Crippen molar-refractivity contribution in [2.75, 3.05) is 52.4 Å². The molecule has 0 bridgehead atoms. The Balaban J connectivity index is 1.48. The van der Waals surface area contributed by atoms with Crippen LogP contribution in [0.15, 0.2) is 18.2 Å². The number of ether oxygens (including phenoxy) is 1. The quantitative estimate of drug-likeness (QED) is 0.882. The van der Waals surface area contributed by atoms with Crippen LogP contribution in [0, 0.1) is 0 Å². The van der Waals surface area contributed by atoms with Gasteiger partial charge in [0.2, 0.25) is 0 Å². The monoisotopic (exact) mass is 289 g/mol. The summed E-state index contributed by atoms with van der Waals surface area (Å²) in [6, 6.07) is 6.70. The molecule has 0 amide bonds. The number of nitrogens with two attached hydrogens (primary N) is 1. The van der Waals surface area contributed by atoms with Gasteiger partial charge in [-0.1, -0.05) is 12.1 Å². The molecule has 4 nitrogen and oxygen atoms in total. The van der Waals surface area contributed by atoms with Crippen LogP contribution in [0.1, 0.15) is 17.5 Å². The van der Waals surface area contributed by atoms with Crippen molar-refractivity contribution >= 4 is 0 Å². The second-order valence-electron chi connectivity index (χ2n) is 6.12. The van der Waals surface area contributed by atoms with Gasteiger partial charge in [0.05, 0.1) is 6.61 Å². The summed E-state index contributed by atoms with van der Waals surface area (Å²) in [5.41, 5.74) is 8.49. The van der Waals surface area contributed by atoms with E-state index in [4.69, 9.17) is 10.5 Å². The molecule has 1 fully saturated rings. The zero-order valence-electron chi connectivity index (χ0n) is 12.9. The summed E-state index contributed by atoms with van der Waals surface area (Å²) in [7, 11) is 0. The number of hydrogen-bond donors (Lipinski definition) is 1. The number of nitrogens with zero attached hydrogens (tertiary/aromatic N) is 2. The molecule has 1 aromatic carbocycles. The lowest BCUT2D eigenvalue weighted by Crippen LogP contribution is -2.34. The van der Waals surface area contributed by atoms with Crippen molar-refractivity contribution in [2.24, 2.45) is 5.73 Å². The summed E-state index contributed by atoms with van der Waals surface area (Å²) >= 11 is 0. The molecule has 1 aromatic rings. The van der Waals surface area contributed by atoms with Gasteiger partial charge in [-0.2, -0.15) is 0 Å². The van der Waals surface area contributed by atoms with Gasteiger partial charge in [-0.15, -0.1) is 0 Å². The van der Waals surface area contributed by atoms with Crippen LogP contribution in [0.3, 0.4) is 0 Å². The van der Waals surface area contributed by atoms with Crippen LogP contribution in [0.2, 0.25) is 0 Å². The summed E-state index contributed by atoms with van der Waals surface area (Å²) in [6.45, 7) is 8.58. The lowest BCUT2D eigenvalue weighted by Gasteiger charge is -2.21. The number of benzene rings is 1. The van der Waals surface area contributed by atoms with Crippen LogP contribution in [-0.2, 0) is 12.8 Å². The van der Waals surface area contributed by atoms with E-state index < -0.39 is 0 Å². The highest BCUT2D eigenvalue weighted by Crippen LogP contribution is 2.26. The predicted molar refractivity (Wildman–Crippen MR) is 85.9 cm³/mol. The minimum absolute atomic E-state index is 0.775. The first-order chi connectivity index (χ1) is 10.3. The highest BCUT2D eigenvalue weighted by atomic mass is 16.5. The van der Waals surface area contributed by atoms with E-state index in [1.54, 1.807) is 0 Å². The summed E-state index contributed by atoms with van der Waals surface area (Å²) < 4.78 is 5.57. The van der Waals surface area contributed by atoms with Crippen molar-refractivity contribution in [1.29, 1.82) is 0 Å². The Hall–Kier alpha value is -1.10. The van der Waals surface area contributed by atoms with Crippen LogP contribution in [0.5, 0.6) is 5.75 Å². The lowest BCUT2D eigenvalue weighted by atomic mass is 10.1. The SMILES string of the molecule is NCCN1CCCN(CCc2ccc3c(c2)CCO3)CC1. The Kier molecular flexibility index (Phi) is 5.12. The molecule has 2 aliphatic heterocycles. The Morgan fingerprint density at radius 2 is 1.86 bits per heavy atom. The molecule has 1 saturated heterocycles. The number of rotatable bonds is 5. The fourth-order valence-electron chi connectivity index (χ4n) is 3.34. The molecule has 0 saturated carbocycles. The molecule has 0 unspecified atom stereocenters. The molecular formula is C17H27N3O. The maximum atomic E-state index is 5.66. The summed E-state index contributed by atoms with van der Waals surface area (Å²) in [6.07, 6.45) is 3.48. The molecule has 0 aromatic heterocycles. The first-order valence-electron chi connectivity index (χ1n) is 8.24. The molecule has 2 N–H and O–H groups in total. The zero-order chi connectivity index (χ0) is 14.5. The van der Waals surface area contributed by atoms with Crippen molar-refractivity contribution in [3.05, 3.63) is 29.3 Å². The second-order valence-corrected chi connectivity index (χ2v) is 6.12. The molecule has 2 aliphatic rings. The van der Waals surface area contributed by atoms with Gasteiger partial charge in [0, 0.05) is 39.1 Å². The normalized spacial score (nSPS) is 20.0. The fourth-order valence-corrected chi connectivity index (χ4v) is 3.34. The van der Waals surface area contributed by atoms with E-state index in [1.165, 1.54) is 37.2 Å². The maximum absolute atomic E-state index is 5.66. The van der Waals surface area contributed by atoms with Crippen molar-refractivity contribution in [2.45, 2.75) is 19.3 Å². The third-order valence-electron chi connectivity index (χ3n) is 4.60. The molecule has 0 aliphatic carbocycles. The summed E-state index contributed by atoms with van der Waals surface area (Å²) in [5.74, 6) is 1.09. The number of hydrogen-bond acceptors (Lipinski definition) is 4. The van der Waals surface area contributed by atoms with E-state index in [2.05, 4.69) is 28.0 Å². The minimum Gasteiger partial charge on any atom is -0.493 e. The Morgan fingerprint density at radius 1 is 1.05 bits per heavy atom. The lowest BCUT2D eigenvalue weighted by molar-refractivity contribution is 0.262. The molecule has 0 atom stereocenters. The van der Waals surface area contributed by atoms with Gasteiger partial charge in [-0.05, 0) is 43.1 Å². The minimum atomic E-state index is 0.775. The molecule has 2 heterocycles. The average molecular weight is 289 g/mol. The third-order valence-corrected chi connectivity index (χ3v) is 4.60. The average Bonchev–Trinajstić information content (AvgIpc) is 2.85. The molecule has 4 heteroatoms. The van der Waals surface area contributed by atoms with Crippen LogP contribution in [0.4, 0.5) is 0 Å². The summed E-state index contributed by atoms with van der Waals surface area (Å²) in [4.78, 5) is 5.09. The van der Waals surface area contributed by atoms with Crippen molar-refractivity contribution in [3.63, 3.8) is 0 Å². The largest absolute Gasteiger partial charge is 0.493 e. The molecule has 21 heavy (non-hydrogen) atoms. The van der Waals surface area contributed by atoms with Crippen molar-refractivity contribution < 1.29 is 4.74 Å². The van der Waals surface area contributed by atoms with E-state index in [9.17, 15) is 0 Å². The molecule has 0 spiro atoms.